The second-order valence-corrected chi connectivity index (χ2v) is 8.29. The molecule has 158 valence electrons. The molecular formula is C23H25F2N3O2. The van der Waals surface area contributed by atoms with Crippen LogP contribution < -0.4 is 5.32 Å². The average Bonchev–Trinajstić information content (AvgIpc) is 3.02. The topological polar surface area (TPSA) is 52.7 Å². The minimum atomic E-state index is -0.515. The number of carbonyl (C=O) groups is 2. The van der Waals surface area contributed by atoms with Crippen molar-refractivity contribution in [1.82, 2.24) is 15.1 Å². The maximum absolute atomic E-state index is 13.5. The summed E-state index contributed by atoms with van der Waals surface area (Å²) in [5, 5.41) is 3.13. The van der Waals surface area contributed by atoms with E-state index in [0.717, 1.165) is 5.56 Å². The van der Waals surface area contributed by atoms with Crippen molar-refractivity contribution in [3.8, 4) is 0 Å². The molecule has 0 aliphatic carbocycles. The number of halogens is 2. The molecule has 0 aromatic heterocycles. The minimum absolute atomic E-state index is 0.0313. The third-order valence-corrected chi connectivity index (χ3v) is 5.83. The first-order valence-corrected chi connectivity index (χ1v) is 10.2. The van der Waals surface area contributed by atoms with Crippen LogP contribution in [0.4, 0.5) is 8.78 Å². The summed E-state index contributed by atoms with van der Waals surface area (Å²) in [6.45, 7) is 2.70. The van der Waals surface area contributed by atoms with Gasteiger partial charge in [0.25, 0.3) is 0 Å². The van der Waals surface area contributed by atoms with Crippen molar-refractivity contribution < 1.29 is 18.4 Å². The van der Waals surface area contributed by atoms with Crippen molar-refractivity contribution in [3.63, 3.8) is 0 Å². The lowest BCUT2D eigenvalue weighted by molar-refractivity contribution is -0.130. The van der Waals surface area contributed by atoms with Crippen LogP contribution in [0.1, 0.15) is 24.0 Å². The minimum Gasteiger partial charge on any atom is -0.347 e. The summed E-state index contributed by atoms with van der Waals surface area (Å²) in [6, 6.07) is 12.5. The first kappa shape index (κ1) is 20.5. The van der Waals surface area contributed by atoms with E-state index in [9.17, 15) is 18.4 Å². The van der Waals surface area contributed by atoms with Crippen molar-refractivity contribution in [2.45, 2.75) is 31.3 Å². The highest BCUT2D eigenvalue weighted by atomic mass is 19.1. The van der Waals surface area contributed by atoms with Gasteiger partial charge in [0, 0.05) is 39.1 Å². The summed E-state index contributed by atoms with van der Waals surface area (Å²) in [4.78, 5) is 29.0. The van der Waals surface area contributed by atoms with E-state index < -0.39 is 5.54 Å². The van der Waals surface area contributed by atoms with Crippen LogP contribution in [0.15, 0.2) is 48.5 Å². The number of likely N-dealkylation sites (tertiary alicyclic amines) is 1. The zero-order chi connectivity index (χ0) is 21.1. The van der Waals surface area contributed by atoms with Crippen molar-refractivity contribution in [2.24, 2.45) is 0 Å². The smallest absolute Gasteiger partial charge is 0.227 e. The molecule has 1 atom stereocenters. The molecule has 2 heterocycles. The number of hydrogen-bond donors (Lipinski definition) is 1. The Kier molecular flexibility index (Phi) is 5.81. The summed E-state index contributed by atoms with van der Waals surface area (Å²) in [5.74, 6) is -0.743. The highest BCUT2D eigenvalue weighted by Gasteiger charge is 2.43. The van der Waals surface area contributed by atoms with Gasteiger partial charge >= 0.3 is 0 Å². The van der Waals surface area contributed by atoms with Gasteiger partial charge in [-0.3, -0.25) is 14.5 Å². The van der Waals surface area contributed by atoms with Gasteiger partial charge in [0.15, 0.2) is 0 Å². The maximum atomic E-state index is 13.5. The van der Waals surface area contributed by atoms with E-state index >= 15 is 0 Å². The predicted molar refractivity (Wildman–Crippen MR) is 108 cm³/mol. The molecule has 2 aromatic rings. The predicted octanol–water partition coefficient (Wildman–Crippen LogP) is 2.50. The molecule has 1 N–H and O–H groups in total. The van der Waals surface area contributed by atoms with E-state index in [4.69, 9.17) is 0 Å². The molecule has 30 heavy (non-hydrogen) atoms. The highest BCUT2D eigenvalue weighted by molar-refractivity contribution is 5.80. The molecule has 0 bridgehead atoms. The fourth-order valence-electron chi connectivity index (χ4n) is 4.44. The van der Waals surface area contributed by atoms with Crippen LogP contribution in [0.5, 0.6) is 0 Å². The molecule has 2 aliphatic rings. The normalized spacial score (nSPS) is 22.2. The van der Waals surface area contributed by atoms with Crippen molar-refractivity contribution in [1.29, 1.82) is 0 Å². The van der Waals surface area contributed by atoms with Gasteiger partial charge in [0.05, 0.1) is 12.0 Å². The highest BCUT2D eigenvalue weighted by Crippen LogP contribution is 2.26. The van der Waals surface area contributed by atoms with E-state index in [1.807, 2.05) is 6.07 Å². The van der Waals surface area contributed by atoms with E-state index in [1.54, 1.807) is 23.1 Å². The van der Waals surface area contributed by atoms with E-state index in [1.165, 1.54) is 24.3 Å². The number of carbonyl (C=O) groups excluding carboxylic acids is 2. The Bertz CT molecular complexity index is 952. The quantitative estimate of drug-likeness (QED) is 0.838. The summed E-state index contributed by atoms with van der Waals surface area (Å²) in [7, 11) is 0. The zero-order valence-corrected chi connectivity index (χ0v) is 16.7. The van der Waals surface area contributed by atoms with Gasteiger partial charge in [-0.05, 0) is 41.8 Å². The van der Waals surface area contributed by atoms with Gasteiger partial charge in [-0.25, -0.2) is 8.78 Å². The Balaban J connectivity index is 1.44. The van der Waals surface area contributed by atoms with Crippen LogP contribution in [0.3, 0.4) is 0 Å². The third kappa shape index (κ3) is 4.84. The number of nitrogens with one attached hydrogen (secondary N) is 1. The monoisotopic (exact) mass is 413 g/mol. The molecule has 2 aliphatic heterocycles. The van der Waals surface area contributed by atoms with Crippen molar-refractivity contribution in [2.75, 3.05) is 26.2 Å². The van der Waals surface area contributed by atoms with E-state index in [-0.39, 0.29) is 29.9 Å². The van der Waals surface area contributed by atoms with E-state index in [0.29, 0.717) is 51.1 Å². The average molecular weight is 413 g/mol. The van der Waals surface area contributed by atoms with Crippen molar-refractivity contribution >= 4 is 11.8 Å². The molecule has 7 heteroatoms. The van der Waals surface area contributed by atoms with Gasteiger partial charge in [-0.1, -0.05) is 24.3 Å². The maximum Gasteiger partial charge on any atom is 0.227 e. The second-order valence-electron chi connectivity index (χ2n) is 8.29. The summed E-state index contributed by atoms with van der Waals surface area (Å²) >= 11 is 0. The first-order valence-electron chi connectivity index (χ1n) is 10.2. The van der Waals surface area contributed by atoms with Crippen LogP contribution in [0.25, 0.3) is 0 Å². The molecule has 2 aromatic carbocycles. The molecule has 2 saturated heterocycles. The number of amides is 2. The largest absolute Gasteiger partial charge is 0.347 e. The number of benzene rings is 2. The molecule has 0 saturated carbocycles. The number of rotatable bonds is 4. The number of hydrogen-bond acceptors (Lipinski definition) is 3. The molecule has 1 spiro atoms. The van der Waals surface area contributed by atoms with Crippen LogP contribution in [0, 0.1) is 11.6 Å². The van der Waals surface area contributed by atoms with Gasteiger partial charge in [-0.15, -0.1) is 0 Å². The van der Waals surface area contributed by atoms with Gasteiger partial charge < -0.3 is 10.2 Å². The van der Waals surface area contributed by atoms with Crippen molar-refractivity contribution in [3.05, 3.63) is 71.3 Å². The molecule has 2 amide bonds. The molecule has 2 fully saturated rings. The van der Waals surface area contributed by atoms with Crippen LogP contribution in [-0.2, 0) is 22.6 Å². The standard InChI is InChI=1S/C23H25F2N3O2/c24-19-5-1-3-17(11-19)13-22(30)28-10-8-23(16-28)15-27(9-7-21(29)26-23)14-18-4-2-6-20(25)12-18/h1-6,11-12H,7-10,13-16H2,(H,26,29). The SMILES string of the molecule is O=C1CCN(Cc2cccc(F)c2)CC2(CCN(C(=O)Cc3cccc(F)c3)C2)N1. The molecule has 5 nitrogen and oxygen atoms in total. The third-order valence-electron chi connectivity index (χ3n) is 5.83. The Labute approximate surface area is 174 Å². The lowest BCUT2D eigenvalue weighted by Crippen LogP contribution is -2.55. The molecule has 0 radical (unpaired) electrons. The summed E-state index contributed by atoms with van der Waals surface area (Å²) in [6.07, 6.45) is 1.16. The molecule has 1 unspecified atom stereocenters. The van der Waals surface area contributed by atoms with Gasteiger partial charge in [0.2, 0.25) is 11.8 Å². The second kappa shape index (κ2) is 8.52. The number of nitrogens with zero attached hydrogens (tertiary/aromatic N) is 2. The van der Waals surface area contributed by atoms with Gasteiger partial charge in [0.1, 0.15) is 11.6 Å². The Morgan fingerprint density at radius 2 is 1.70 bits per heavy atom. The van der Waals surface area contributed by atoms with Crippen LogP contribution >= 0.6 is 0 Å². The lowest BCUT2D eigenvalue weighted by atomic mass is 9.97. The Morgan fingerprint density at radius 1 is 1.00 bits per heavy atom. The lowest BCUT2D eigenvalue weighted by Gasteiger charge is -2.33. The Hall–Kier alpha value is -2.80. The zero-order valence-electron chi connectivity index (χ0n) is 16.7. The first-order chi connectivity index (χ1) is 14.4. The van der Waals surface area contributed by atoms with Crippen LogP contribution in [-0.4, -0.2) is 53.3 Å². The summed E-state index contributed by atoms with van der Waals surface area (Å²) < 4.78 is 27.0. The van der Waals surface area contributed by atoms with Crippen LogP contribution in [0.2, 0.25) is 0 Å². The fraction of sp³-hybridized carbons (Fsp3) is 0.391. The fourth-order valence-corrected chi connectivity index (χ4v) is 4.44. The summed E-state index contributed by atoms with van der Waals surface area (Å²) in [5.41, 5.74) is 0.980. The molecule has 4 rings (SSSR count). The van der Waals surface area contributed by atoms with Gasteiger partial charge in [-0.2, -0.15) is 0 Å². The molecular weight excluding hydrogens is 388 g/mol. The Morgan fingerprint density at radius 3 is 2.43 bits per heavy atom. The van der Waals surface area contributed by atoms with E-state index in [2.05, 4.69) is 10.2 Å².